The number of sulfonamides is 1. The minimum atomic E-state index is -3.22. The first-order valence-electron chi connectivity index (χ1n) is 5.45. The second-order valence-corrected chi connectivity index (χ2v) is 6.21. The lowest BCUT2D eigenvalue weighted by atomic mass is 10.2. The number of hydrogen-bond donors (Lipinski definition) is 1. The molecule has 4 nitrogen and oxygen atoms in total. The number of nitrogens with zero attached hydrogens (tertiary/aromatic N) is 1. The van der Waals surface area contributed by atoms with E-state index < -0.39 is 10.0 Å². The lowest BCUT2D eigenvalue weighted by Gasteiger charge is -2.10. The second kappa shape index (κ2) is 4.07. The van der Waals surface area contributed by atoms with E-state index in [0.717, 1.165) is 17.2 Å². The van der Waals surface area contributed by atoms with Crippen molar-refractivity contribution in [2.45, 2.75) is 19.9 Å². The third-order valence-electron chi connectivity index (χ3n) is 2.58. The third-order valence-corrected chi connectivity index (χ3v) is 3.19. The fourth-order valence-corrected chi connectivity index (χ4v) is 2.43. The molecule has 17 heavy (non-hydrogen) atoms. The molecule has 0 fully saturated rings. The molecule has 1 N–H and O–H groups in total. The zero-order valence-corrected chi connectivity index (χ0v) is 11.0. The van der Waals surface area contributed by atoms with Crippen LogP contribution in [0.25, 0.3) is 10.9 Å². The molecule has 0 aliphatic heterocycles. The Hall–Kier alpha value is -1.49. The minimum Gasteiger partial charge on any atom is -0.345 e. The van der Waals surface area contributed by atoms with Crippen LogP contribution in [0, 0.1) is 0 Å². The smallest absolute Gasteiger partial charge is 0.229 e. The predicted molar refractivity (Wildman–Crippen MR) is 70.8 cm³/mol. The Kier molecular flexibility index (Phi) is 2.87. The lowest BCUT2D eigenvalue weighted by Crippen LogP contribution is -2.09. The van der Waals surface area contributed by atoms with Gasteiger partial charge in [0.2, 0.25) is 10.0 Å². The van der Waals surface area contributed by atoms with Crippen molar-refractivity contribution in [3.8, 4) is 0 Å². The van der Waals surface area contributed by atoms with Gasteiger partial charge in [-0.2, -0.15) is 0 Å². The van der Waals surface area contributed by atoms with Gasteiger partial charge in [-0.05, 0) is 37.4 Å². The molecule has 2 rings (SSSR count). The molecule has 0 saturated heterocycles. The van der Waals surface area contributed by atoms with E-state index in [-0.39, 0.29) is 0 Å². The largest absolute Gasteiger partial charge is 0.345 e. The zero-order chi connectivity index (χ0) is 12.6. The van der Waals surface area contributed by atoms with Gasteiger partial charge in [-0.3, -0.25) is 4.72 Å². The fourth-order valence-electron chi connectivity index (χ4n) is 1.88. The van der Waals surface area contributed by atoms with Crippen LogP contribution < -0.4 is 4.72 Å². The highest BCUT2D eigenvalue weighted by atomic mass is 32.2. The molecule has 0 spiro atoms. The van der Waals surface area contributed by atoms with Gasteiger partial charge in [0.1, 0.15) is 0 Å². The maximum Gasteiger partial charge on any atom is 0.229 e. The van der Waals surface area contributed by atoms with Crippen molar-refractivity contribution in [2.75, 3.05) is 11.0 Å². The van der Waals surface area contributed by atoms with E-state index in [1.807, 2.05) is 24.4 Å². The van der Waals surface area contributed by atoms with Crippen molar-refractivity contribution in [1.29, 1.82) is 0 Å². The van der Waals surface area contributed by atoms with Gasteiger partial charge >= 0.3 is 0 Å². The Morgan fingerprint density at radius 1 is 1.24 bits per heavy atom. The van der Waals surface area contributed by atoms with Gasteiger partial charge in [-0.15, -0.1) is 0 Å². The molecule has 0 amide bonds. The molecule has 0 bridgehead atoms. The SMILES string of the molecule is CC(C)n1ccc2ccc(NS(C)(=O)=O)cc21. The van der Waals surface area contributed by atoms with Crippen molar-refractivity contribution in [3.63, 3.8) is 0 Å². The van der Waals surface area contributed by atoms with E-state index in [1.54, 1.807) is 6.07 Å². The van der Waals surface area contributed by atoms with E-state index in [0.29, 0.717) is 11.7 Å². The van der Waals surface area contributed by atoms with Crippen LogP contribution in [-0.2, 0) is 10.0 Å². The summed E-state index contributed by atoms with van der Waals surface area (Å²) in [5.41, 5.74) is 1.63. The standard InChI is InChI=1S/C12H16N2O2S/c1-9(2)14-7-6-10-4-5-11(8-12(10)14)13-17(3,15)16/h4-9,13H,1-3H3. The summed E-state index contributed by atoms with van der Waals surface area (Å²) in [5.74, 6) is 0. The maximum atomic E-state index is 11.2. The predicted octanol–water partition coefficient (Wildman–Crippen LogP) is 2.59. The summed E-state index contributed by atoms with van der Waals surface area (Å²) in [5, 5.41) is 1.11. The molecule has 0 radical (unpaired) electrons. The van der Waals surface area contributed by atoms with Gasteiger partial charge in [-0.25, -0.2) is 8.42 Å². The van der Waals surface area contributed by atoms with E-state index in [1.165, 1.54) is 0 Å². The Labute approximate surface area is 101 Å². The van der Waals surface area contributed by atoms with Gasteiger partial charge in [0.25, 0.3) is 0 Å². The summed E-state index contributed by atoms with van der Waals surface area (Å²) in [4.78, 5) is 0. The number of aromatic nitrogens is 1. The average molecular weight is 252 g/mol. The number of anilines is 1. The maximum absolute atomic E-state index is 11.2. The minimum absolute atomic E-state index is 0.348. The number of rotatable bonds is 3. The first-order valence-corrected chi connectivity index (χ1v) is 7.34. The average Bonchev–Trinajstić information content (AvgIpc) is 2.57. The molecule has 1 aromatic carbocycles. The molecular formula is C12H16N2O2S. The summed E-state index contributed by atoms with van der Waals surface area (Å²) in [7, 11) is -3.22. The molecule has 0 aliphatic rings. The molecule has 5 heteroatoms. The summed E-state index contributed by atoms with van der Waals surface area (Å²) in [6.07, 6.45) is 3.16. The summed E-state index contributed by atoms with van der Waals surface area (Å²) >= 11 is 0. The molecule has 92 valence electrons. The Morgan fingerprint density at radius 2 is 1.94 bits per heavy atom. The number of fused-ring (bicyclic) bond motifs is 1. The van der Waals surface area contributed by atoms with Crippen molar-refractivity contribution in [2.24, 2.45) is 0 Å². The summed E-state index contributed by atoms with van der Waals surface area (Å²) in [6.45, 7) is 4.19. The van der Waals surface area contributed by atoms with Crippen LogP contribution >= 0.6 is 0 Å². The van der Waals surface area contributed by atoms with E-state index >= 15 is 0 Å². The Morgan fingerprint density at radius 3 is 2.53 bits per heavy atom. The highest BCUT2D eigenvalue weighted by Gasteiger charge is 2.07. The van der Waals surface area contributed by atoms with Gasteiger partial charge < -0.3 is 4.57 Å². The van der Waals surface area contributed by atoms with Crippen LogP contribution in [-0.4, -0.2) is 19.2 Å². The normalized spacial score (nSPS) is 12.2. The molecule has 1 aromatic heterocycles. The van der Waals surface area contributed by atoms with Gasteiger partial charge in [0, 0.05) is 12.2 Å². The van der Waals surface area contributed by atoms with Crippen molar-refractivity contribution in [1.82, 2.24) is 4.57 Å². The number of nitrogens with one attached hydrogen (secondary N) is 1. The van der Waals surface area contributed by atoms with Gasteiger partial charge in [0.15, 0.2) is 0 Å². The van der Waals surface area contributed by atoms with E-state index in [4.69, 9.17) is 0 Å². The number of hydrogen-bond acceptors (Lipinski definition) is 2. The van der Waals surface area contributed by atoms with Gasteiger partial charge in [0.05, 0.1) is 17.5 Å². The Bertz CT molecular complexity index is 642. The first-order chi connectivity index (χ1) is 7.87. The van der Waals surface area contributed by atoms with Crippen LogP contribution in [0.3, 0.4) is 0 Å². The molecule has 0 aliphatic carbocycles. The van der Waals surface area contributed by atoms with Gasteiger partial charge in [-0.1, -0.05) is 6.07 Å². The van der Waals surface area contributed by atoms with Crippen molar-refractivity contribution in [3.05, 3.63) is 30.5 Å². The van der Waals surface area contributed by atoms with Crippen LogP contribution in [0.1, 0.15) is 19.9 Å². The highest BCUT2D eigenvalue weighted by molar-refractivity contribution is 7.92. The zero-order valence-electron chi connectivity index (χ0n) is 10.1. The van der Waals surface area contributed by atoms with Crippen LogP contribution in [0.15, 0.2) is 30.5 Å². The van der Waals surface area contributed by atoms with E-state index in [2.05, 4.69) is 23.1 Å². The monoisotopic (exact) mass is 252 g/mol. The first kappa shape index (κ1) is 12.0. The summed E-state index contributed by atoms with van der Waals surface area (Å²) in [6, 6.07) is 7.92. The molecule has 0 atom stereocenters. The van der Waals surface area contributed by atoms with Crippen molar-refractivity contribution < 1.29 is 8.42 Å². The van der Waals surface area contributed by atoms with Crippen molar-refractivity contribution >= 4 is 26.6 Å². The molecule has 0 saturated carbocycles. The summed E-state index contributed by atoms with van der Waals surface area (Å²) < 4.78 is 27.0. The van der Waals surface area contributed by atoms with Crippen LogP contribution in [0.2, 0.25) is 0 Å². The van der Waals surface area contributed by atoms with Crippen LogP contribution in [0.5, 0.6) is 0 Å². The molecule has 1 heterocycles. The lowest BCUT2D eigenvalue weighted by molar-refractivity contribution is 0.607. The Balaban J connectivity index is 2.51. The number of benzene rings is 1. The quantitative estimate of drug-likeness (QED) is 0.912. The molecule has 2 aromatic rings. The topological polar surface area (TPSA) is 51.1 Å². The molecular weight excluding hydrogens is 236 g/mol. The second-order valence-electron chi connectivity index (χ2n) is 4.46. The fraction of sp³-hybridized carbons (Fsp3) is 0.333. The highest BCUT2D eigenvalue weighted by Crippen LogP contribution is 2.23. The van der Waals surface area contributed by atoms with E-state index in [9.17, 15) is 8.42 Å². The van der Waals surface area contributed by atoms with Crippen LogP contribution in [0.4, 0.5) is 5.69 Å². The third kappa shape index (κ3) is 2.61. The molecule has 0 unspecified atom stereocenters.